The van der Waals surface area contributed by atoms with Gasteiger partial charge in [-0.3, -0.25) is 9.78 Å². The molecule has 6 nitrogen and oxygen atoms in total. The molecule has 0 saturated carbocycles. The Hall–Kier alpha value is -2.44. The first-order valence-electron chi connectivity index (χ1n) is 11.6. The van der Waals surface area contributed by atoms with Gasteiger partial charge in [0.15, 0.2) is 0 Å². The summed E-state index contributed by atoms with van der Waals surface area (Å²) < 4.78 is 0. The monoisotopic (exact) mass is 422 g/mol. The summed E-state index contributed by atoms with van der Waals surface area (Å²) in [5, 5.41) is 13.5. The Labute approximate surface area is 185 Å². The highest BCUT2D eigenvalue weighted by molar-refractivity contribution is 5.94. The number of aryl methyl sites for hydroxylation is 1. The molecule has 1 aromatic heterocycles. The van der Waals surface area contributed by atoms with Gasteiger partial charge in [-0.05, 0) is 81.0 Å². The fourth-order valence-corrected chi connectivity index (χ4v) is 4.62. The summed E-state index contributed by atoms with van der Waals surface area (Å²) >= 11 is 0. The first-order chi connectivity index (χ1) is 15.2. The number of rotatable bonds is 7. The average Bonchev–Trinajstić information content (AvgIpc) is 2.83. The summed E-state index contributed by atoms with van der Waals surface area (Å²) in [5.41, 5.74) is 3.20. The van der Waals surface area contributed by atoms with Crippen LogP contribution in [-0.4, -0.2) is 65.8 Å². The standard InChI is InChI=1S/C25H34N4O2/c30-24-6-3-15-29(19-24)25(31)21-7-9-23(10-8-21)28-16-11-22(12-17-28)27-14-2-5-20-4-1-13-26-18-20/h1,4,7-10,13,18,22,24,27,30H,2-3,5-6,11-12,14-17,19H2/t24-/m0/s1. The van der Waals surface area contributed by atoms with Crippen LogP contribution in [0.25, 0.3) is 0 Å². The van der Waals surface area contributed by atoms with Crippen molar-refractivity contribution in [3.8, 4) is 0 Å². The molecule has 166 valence electrons. The number of aromatic nitrogens is 1. The van der Waals surface area contributed by atoms with E-state index in [4.69, 9.17) is 0 Å². The van der Waals surface area contributed by atoms with E-state index in [1.807, 2.05) is 30.6 Å². The number of hydrogen-bond acceptors (Lipinski definition) is 5. The second-order valence-electron chi connectivity index (χ2n) is 8.77. The molecule has 0 bridgehead atoms. The quantitative estimate of drug-likeness (QED) is 0.672. The number of aliphatic hydroxyl groups excluding tert-OH is 1. The minimum Gasteiger partial charge on any atom is -0.391 e. The second-order valence-corrected chi connectivity index (χ2v) is 8.77. The molecule has 2 aromatic rings. The van der Waals surface area contributed by atoms with E-state index in [1.165, 1.54) is 11.3 Å². The molecule has 0 spiro atoms. The van der Waals surface area contributed by atoms with Gasteiger partial charge in [-0.15, -0.1) is 0 Å². The molecular weight excluding hydrogens is 388 g/mol. The van der Waals surface area contributed by atoms with Crippen LogP contribution in [0.2, 0.25) is 0 Å². The molecule has 2 fully saturated rings. The van der Waals surface area contributed by atoms with Crippen LogP contribution in [-0.2, 0) is 6.42 Å². The Morgan fingerprint density at radius 1 is 1.10 bits per heavy atom. The largest absolute Gasteiger partial charge is 0.391 e. The number of aliphatic hydroxyl groups is 1. The van der Waals surface area contributed by atoms with Gasteiger partial charge in [0, 0.05) is 55.9 Å². The number of piperidine rings is 2. The molecule has 2 saturated heterocycles. The van der Waals surface area contributed by atoms with E-state index in [0.717, 1.165) is 64.7 Å². The number of nitrogens with one attached hydrogen (secondary N) is 1. The van der Waals surface area contributed by atoms with Crippen molar-refractivity contribution in [2.24, 2.45) is 0 Å². The number of carbonyl (C=O) groups excluding carboxylic acids is 1. The van der Waals surface area contributed by atoms with Crippen LogP contribution in [0.4, 0.5) is 5.69 Å². The molecule has 31 heavy (non-hydrogen) atoms. The van der Waals surface area contributed by atoms with E-state index >= 15 is 0 Å². The van der Waals surface area contributed by atoms with E-state index in [1.54, 1.807) is 4.90 Å². The zero-order valence-corrected chi connectivity index (χ0v) is 18.2. The fourth-order valence-electron chi connectivity index (χ4n) is 4.62. The lowest BCUT2D eigenvalue weighted by molar-refractivity contribution is 0.0474. The number of pyridine rings is 1. The number of hydrogen-bond donors (Lipinski definition) is 2. The predicted molar refractivity (Wildman–Crippen MR) is 123 cm³/mol. The third-order valence-corrected chi connectivity index (χ3v) is 6.46. The number of β-amino-alcohol motifs (C(OH)–C–C–N with tert-alkyl or cyclic N) is 1. The summed E-state index contributed by atoms with van der Waals surface area (Å²) in [5.74, 6) is 0.0273. The highest BCUT2D eigenvalue weighted by Crippen LogP contribution is 2.22. The lowest BCUT2D eigenvalue weighted by Gasteiger charge is -2.34. The van der Waals surface area contributed by atoms with Gasteiger partial charge >= 0.3 is 0 Å². The molecule has 6 heteroatoms. The molecule has 3 heterocycles. The zero-order chi connectivity index (χ0) is 21.5. The summed E-state index contributed by atoms with van der Waals surface area (Å²) in [6, 6.07) is 12.7. The lowest BCUT2D eigenvalue weighted by Crippen LogP contribution is -2.43. The van der Waals surface area contributed by atoms with Crippen molar-refractivity contribution in [1.82, 2.24) is 15.2 Å². The third-order valence-electron chi connectivity index (χ3n) is 6.46. The van der Waals surface area contributed by atoms with Crippen LogP contribution >= 0.6 is 0 Å². The predicted octanol–water partition coefficient (Wildman–Crippen LogP) is 2.87. The van der Waals surface area contributed by atoms with Gasteiger partial charge in [0.05, 0.1) is 6.10 Å². The topological polar surface area (TPSA) is 68.7 Å². The van der Waals surface area contributed by atoms with Crippen molar-refractivity contribution >= 4 is 11.6 Å². The average molecular weight is 423 g/mol. The SMILES string of the molecule is O=C(c1ccc(N2CCC(NCCCc3cccnc3)CC2)cc1)N1CCC[C@H](O)C1. The van der Waals surface area contributed by atoms with Crippen molar-refractivity contribution in [1.29, 1.82) is 0 Å². The molecule has 2 aliphatic heterocycles. The molecule has 4 rings (SSSR count). The van der Waals surface area contributed by atoms with Crippen LogP contribution in [0, 0.1) is 0 Å². The van der Waals surface area contributed by atoms with Gasteiger partial charge in [-0.25, -0.2) is 0 Å². The molecule has 1 aromatic carbocycles. The lowest BCUT2D eigenvalue weighted by atomic mass is 10.0. The van der Waals surface area contributed by atoms with Crippen molar-refractivity contribution < 1.29 is 9.90 Å². The van der Waals surface area contributed by atoms with Gasteiger partial charge in [0.25, 0.3) is 5.91 Å². The number of benzene rings is 1. The van der Waals surface area contributed by atoms with Crippen molar-refractivity contribution in [3.63, 3.8) is 0 Å². The Morgan fingerprint density at radius 2 is 1.90 bits per heavy atom. The first kappa shape index (κ1) is 21.8. The Morgan fingerprint density at radius 3 is 2.61 bits per heavy atom. The number of nitrogens with zero attached hydrogens (tertiary/aromatic N) is 3. The van der Waals surface area contributed by atoms with Crippen LogP contribution in [0.1, 0.15) is 48.0 Å². The van der Waals surface area contributed by atoms with Gasteiger partial charge in [-0.1, -0.05) is 6.07 Å². The van der Waals surface area contributed by atoms with Crippen LogP contribution in [0.15, 0.2) is 48.8 Å². The zero-order valence-electron chi connectivity index (χ0n) is 18.2. The number of likely N-dealkylation sites (tertiary alicyclic amines) is 1. The number of carbonyl (C=O) groups is 1. The van der Waals surface area contributed by atoms with E-state index in [0.29, 0.717) is 18.2 Å². The number of amides is 1. The maximum atomic E-state index is 12.7. The molecule has 2 N–H and O–H groups in total. The third kappa shape index (κ3) is 6.05. The molecular formula is C25H34N4O2. The summed E-state index contributed by atoms with van der Waals surface area (Å²) in [6.07, 6.45) is 9.53. The van der Waals surface area contributed by atoms with Gasteiger partial charge in [0.2, 0.25) is 0 Å². The number of anilines is 1. The van der Waals surface area contributed by atoms with Crippen LogP contribution in [0.3, 0.4) is 0 Å². The highest BCUT2D eigenvalue weighted by atomic mass is 16.3. The Kier molecular flexibility index (Phi) is 7.54. The highest BCUT2D eigenvalue weighted by Gasteiger charge is 2.23. The van der Waals surface area contributed by atoms with E-state index < -0.39 is 0 Å². The Bertz CT molecular complexity index is 819. The molecule has 1 amide bonds. The van der Waals surface area contributed by atoms with Crippen molar-refractivity contribution in [2.45, 2.75) is 50.7 Å². The first-order valence-corrected chi connectivity index (χ1v) is 11.6. The molecule has 0 unspecified atom stereocenters. The van der Waals surface area contributed by atoms with Crippen LogP contribution < -0.4 is 10.2 Å². The molecule has 2 aliphatic rings. The van der Waals surface area contributed by atoms with Crippen molar-refractivity contribution in [2.75, 3.05) is 37.6 Å². The van der Waals surface area contributed by atoms with Gasteiger partial charge in [-0.2, -0.15) is 0 Å². The maximum Gasteiger partial charge on any atom is 0.253 e. The van der Waals surface area contributed by atoms with Gasteiger partial charge in [0.1, 0.15) is 0 Å². The van der Waals surface area contributed by atoms with Crippen LogP contribution in [0.5, 0.6) is 0 Å². The minimum atomic E-state index is -0.387. The minimum absolute atomic E-state index is 0.0273. The Balaban J connectivity index is 1.19. The van der Waals surface area contributed by atoms with Gasteiger partial charge < -0.3 is 20.2 Å². The second kappa shape index (κ2) is 10.7. The fraction of sp³-hybridized carbons (Fsp3) is 0.520. The molecule has 0 radical (unpaired) electrons. The maximum absolute atomic E-state index is 12.7. The normalized spacial score (nSPS) is 20.1. The molecule has 0 aliphatic carbocycles. The van der Waals surface area contributed by atoms with E-state index in [9.17, 15) is 9.90 Å². The van der Waals surface area contributed by atoms with Crippen molar-refractivity contribution in [3.05, 3.63) is 59.9 Å². The van der Waals surface area contributed by atoms with E-state index in [2.05, 4.69) is 33.4 Å². The summed E-state index contributed by atoms with van der Waals surface area (Å²) in [6.45, 7) is 4.29. The summed E-state index contributed by atoms with van der Waals surface area (Å²) in [7, 11) is 0. The van der Waals surface area contributed by atoms with E-state index in [-0.39, 0.29) is 12.0 Å². The smallest absolute Gasteiger partial charge is 0.253 e. The molecule has 1 atom stereocenters. The summed E-state index contributed by atoms with van der Waals surface area (Å²) in [4.78, 5) is 21.0.